The van der Waals surface area contributed by atoms with E-state index in [1.54, 1.807) is 11.6 Å². The van der Waals surface area contributed by atoms with E-state index in [0.29, 0.717) is 12.5 Å². The Morgan fingerprint density at radius 1 is 1.42 bits per heavy atom. The van der Waals surface area contributed by atoms with E-state index in [0.717, 1.165) is 35.7 Å². The SMILES string of the molecule is COc1cn2ncnc(N3CC(C(C)(C)CN(C)S(N)(=O)=O)C3)c2c1C. The highest BCUT2D eigenvalue weighted by Crippen LogP contribution is 2.39. The third-order valence-corrected chi connectivity index (χ3v) is 6.33. The Bertz CT molecular complexity index is 917. The summed E-state index contributed by atoms with van der Waals surface area (Å²) in [6.45, 7) is 8.09. The fourth-order valence-electron chi connectivity index (χ4n) is 3.50. The Morgan fingerprint density at radius 2 is 2.08 bits per heavy atom. The van der Waals surface area contributed by atoms with Crippen molar-refractivity contribution in [1.29, 1.82) is 0 Å². The van der Waals surface area contributed by atoms with Gasteiger partial charge in [0.1, 0.15) is 17.6 Å². The molecule has 144 valence electrons. The van der Waals surface area contributed by atoms with Gasteiger partial charge in [0.05, 0.1) is 13.3 Å². The average molecular weight is 382 g/mol. The molecule has 1 saturated heterocycles. The zero-order chi connectivity index (χ0) is 19.3. The van der Waals surface area contributed by atoms with E-state index in [2.05, 4.69) is 28.8 Å². The van der Waals surface area contributed by atoms with E-state index in [9.17, 15) is 8.42 Å². The van der Waals surface area contributed by atoms with E-state index in [4.69, 9.17) is 9.88 Å². The van der Waals surface area contributed by atoms with Crippen molar-refractivity contribution in [2.24, 2.45) is 16.5 Å². The summed E-state index contributed by atoms with van der Waals surface area (Å²) >= 11 is 0. The summed E-state index contributed by atoms with van der Waals surface area (Å²) in [5, 5.41) is 9.47. The van der Waals surface area contributed by atoms with E-state index in [1.807, 2.05) is 13.1 Å². The topological polar surface area (TPSA) is 106 Å². The molecule has 1 aliphatic rings. The van der Waals surface area contributed by atoms with Crippen molar-refractivity contribution < 1.29 is 13.2 Å². The molecule has 0 amide bonds. The van der Waals surface area contributed by atoms with Gasteiger partial charge in [-0.1, -0.05) is 13.8 Å². The first-order chi connectivity index (χ1) is 12.0. The normalized spacial score (nSPS) is 16.3. The van der Waals surface area contributed by atoms with Crippen LogP contribution in [0, 0.1) is 18.3 Å². The van der Waals surface area contributed by atoms with Crippen LogP contribution in [0.4, 0.5) is 5.82 Å². The maximum Gasteiger partial charge on any atom is 0.276 e. The zero-order valence-electron chi connectivity index (χ0n) is 15.8. The predicted molar refractivity (Wildman–Crippen MR) is 99.5 cm³/mol. The summed E-state index contributed by atoms with van der Waals surface area (Å²) in [6, 6.07) is 0. The van der Waals surface area contributed by atoms with Crippen molar-refractivity contribution in [2.45, 2.75) is 20.8 Å². The van der Waals surface area contributed by atoms with Crippen LogP contribution in [0.1, 0.15) is 19.4 Å². The van der Waals surface area contributed by atoms with Gasteiger partial charge in [-0.2, -0.15) is 17.8 Å². The molecule has 1 aliphatic heterocycles. The second-order valence-corrected chi connectivity index (χ2v) is 9.24. The molecule has 2 aromatic rings. The van der Waals surface area contributed by atoms with Crippen molar-refractivity contribution in [1.82, 2.24) is 18.9 Å². The van der Waals surface area contributed by atoms with Crippen LogP contribution in [0.15, 0.2) is 12.5 Å². The second kappa shape index (κ2) is 6.36. The van der Waals surface area contributed by atoms with Gasteiger partial charge in [-0.3, -0.25) is 0 Å². The van der Waals surface area contributed by atoms with E-state index in [-0.39, 0.29) is 5.41 Å². The lowest BCUT2D eigenvalue weighted by Crippen LogP contribution is -2.56. The number of rotatable bonds is 6. The summed E-state index contributed by atoms with van der Waals surface area (Å²) in [7, 11) is -0.522. The minimum atomic E-state index is -3.67. The third kappa shape index (κ3) is 3.24. The molecule has 0 aromatic carbocycles. The van der Waals surface area contributed by atoms with Gasteiger partial charge in [-0.25, -0.2) is 14.6 Å². The molecule has 0 bridgehead atoms. The number of ether oxygens (including phenoxy) is 1. The van der Waals surface area contributed by atoms with Crippen LogP contribution < -0.4 is 14.8 Å². The highest BCUT2D eigenvalue weighted by molar-refractivity contribution is 7.86. The fraction of sp³-hybridized carbons (Fsp3) is 0.625. The maximum atomic E-state index is 11.5. The smallest absolute Gasteiger partial charge is 0.276 e. The number of hydrogen-bond donors (Lipinski definition) is 1. The van der Waals surface area contributed by atoms with Gasteiger partial charge < -0.3 is 9.64 Å². The van der Waals surface area contributed by atoms with Crippen LogP contribution in [0.2, 0.25) is 0 Å². The number of nitrogens with zero attached hydrogens (tertiary/aromatic N) is 5. The number of nitrogens with two attached hydrogens (primary N) is 1. The third-order valence-electron chi connectivity index (χ3n) is 5.33. The van der Waals surface area contributed by atoms with Gasteiger partial charge >= 0.3 is 0 Å². The number of aryl methyl sites for hydroxylation is 1. The molecule has 2 N–H and O–H groups in total. The Balaban J connectivity index is 1.78. The Morgan fingerprint density at radius 3 is 2.65 bits per heavy atom. The maximum absolute atomic E-state index is 11.5. The first-order valence-corrected chi connectivity index (χ1v) is 9.91. The van der Waals surface area contributed by atoms with E-state index >= 15 is 0 Å². The van der Waals surface area contributed by atoms with E-state index in [1.165, 1.54) is 17.7 Å². The van der Waals surface area contributed by atoms with Crippen molar-refractivity contribution in [3.8, 4) is 5.75 Å². The standard InChI is InChI=1S/C16H26N6O3S/c1-11-13(25-5)8-22-14(11)15(18-10-19-22)21-6-12(7-21)16(2,3)9-20(4)26(17,23)24/h8,10,12H,6-7,9H2,1-5H3,(H2,17,23,24). The quantitative estimate of drug-likeness (QED) is 0.786. The first-order valence-electron chi connectivity index (χ1n) is 8.40. The Kier molecular flexibility index (Phi) is 4.62. The van der Waals surface area contributed by atoms with Gasteiger partial charge in [-0.15, -0.1) is 0 Å². The van der Waals surface area contributed by atoms with Gasteiger partial charge in [-0.05, 0) is 12.3 Å². The molecule has 3 rings (SSSR count). The van der Waals surface area contributed by atoms with Crippen LogP contribution in [0.5, 0.6) is 5.75 Å². The number of anilines is 1. The minimum Gasteiger partial charge on any atom is -0.495 e. The molecule has 0 atom stereocenters. The lowest BCUT2D eigenvalue weighted by Gasteiger charge is -2.49. The number of fused-ring (bicyclic) bond motifs is 1. The lowest BCUT2D eigenvalue weighted by atomic mass is 9.74. The highest BCUT2D eigenvalue weighted by Gasteiger charge is 2.41. The molecular formula is C16H26N6O3S. The summed E-state index contributed by atoms with van der Waals surface area (Å²) < 4.78 is 31.4. The van der Waals surface area contributed by atoms with Gasteiger partial charge in [0.25, 0.3) is 10.2 Å². The monoisotopic (exact) mass is 382 g/mol. The number of aromatic nitrogens is 3. The highest BCUT2D eigenvalue weighted by atomic mass is 32.2. The molecule has 0 spiro atoms. The van der Waals surface area contributed by atoms with Crippen LogP contribution >= 0.6 is 0 Å². The van der Waals surface area contributed by atoms with Crippen LogP contribution in [0.25, 0.3) is 5.52 Å². The molecule has 0 unspecified atom stereocenters. The molecule has 2 aromatic heterocycles. The van der Waals surface area contributed by atoms with Crippen molar-refractivity contribution in [2.75, 3.05) is 38.7 Å². The van der Waals surface area contributed by atoms with Crippen LogP contribution in [-0.2, 0) is 10.2 Å². The van der Waals surface area contributed by atoms with Crippen molar-refractivity contribution in [3.05, 3.63) is 18.1 Å². The Hall–Kier alpha value is -1.91. The van der Waals surface area contributed by atoms with Gasteiger partial charge in [0.2, 0.25) is 0 Å². The molecule has 26 heavy (non-hydrogen) atoms. The number of methoxy groups -OCH3 is 1. The predicted octanol–water partition coefficient (Wildman–Crippen LogP) is 0.644. The summed E-state index contributed by atoms with van der Waals surface area (Å²) in [5.41, 5.74) is 1.73. The summed E-state index contributed by atoms with van der Waals surface area (Å²) in [6.07, 6.45) is 3.38. The van der Waals surface area contributed by atoms with E-state index < -0.39 is 10.2 Å². The second-order valence-electron chi connectivity index (χ2n) is 7.59. The summed E-state index contributed by atoms with van der Waals surface area (Å²) in [5.74, 6) is 1.98. The van der Waals surface area contributed by atoms with Gasteiger partial charge in [0, 0.05) is 38.2 Å². The van der Waals surface area contributed by atoms with Gasteiger partial charge in [0.15, 0.2) is 5.82 Å². The largest absolute Gasteiger partial charge is 0.495 e. The molecular weight excluding hydrogens is 356 g/mol. The molecule has 0 saturated carbocycles. The fourth-order valence-corrected chi connectivity index (χ4v) is 4.01. The molecule has 0 radical (unpaired) electrons. The Labute approximate surface area is 153 Å². The number of hydrogen-bond acceptors (Lipinski definition) is 6. The molecule has 9 nitrogen and oxygen atoms in total. The van der Waals surface area contributed by atoms with Crippen LogP contribution in [0.3, 0.4) is 0 Å². The van der Waals surface area contributed by atoms with Crippen molar-refractivity contribution >= 4 is 21.5 Å². The average Bonchev–Trinajstić information content (AvgIpc) is 2.81. The lowest BCUT2D eigenvalue weighted by molar-refractivity contribution is 0.144. The summed E-state index contributed by atoms with van der Waals surface area (Å²) in [4.78, 5) is 6.65. The zero-order valence-corrected chi connectivity index (χ0v) is 16.6. The molecule has 3 heterocycles. The molecule has 10 heteroatoms. The molecule has 1 fully saturated rings. The minimum absolute atomic E-state index is 0.199. The first kappa shape index (κ1) is 18.9. The van der Waals surface area contributed by atoms with Crippen LogP contribution in [-0.4, -0.2) is 61.1 Å². The van der Waals surface area contributed by atoms with Crippen molar-refractivity contribution in [3.63, 3.8) is 0 Å². The molecule has 0 aliphatic carbocycles.